The highest BCUT2D eigenvalue weighted by molar-refractivity contribution is 6.10. The Morgan fingerprint density at radius 2 is 1.74 bits per heavy atom. The van der Waals surface area contributed by atoms with Crippen LogP contribution in [0.1, 0.15) is 62.6 Å². The molecule has 34 heavy (non-hydrogen) atoms. The number of urea groups is 2. The van der Waals surface area contributed by atoms with Crippen molar-refractivity contribution in [1.29, 1.82) is 0 Å². The van der Waals surface area contributed by atoms with Crippen LogP contribution in [0.2, 0.25) is 0 Å². The van der Waals surface area contributed by atoms with E-state index in [-0.39, 0.29) is 0 Å². The van der Waals surface area contributed by atoms with Crippen LogP contribution in [0.15, 0.2) is 18.2 Å². The van der Waals surface area contributed by atoms with Gasteiger partial charge in [0.2, 0.25) is 0 Å². The lowest BCUT2D eigenvalue weighted by atomic mass is 9.77. The summed E-state index contributed by atoms with van der Waals surface area (Å²) >= 11 is 0. The first kappa shape index (κ1) is 22.4. The molecule has 1 unspecified atom stereocenters. The van der Waals surface area contributed by atoms with Gasteiger partial charge in [0.25, 0.3) is 17.7 Å². The fourth-order valence-corrected chi connectivity index (χ4v) is 5.54. The number of benzene rings is 1. The van der Waals surface area contributed by atoms with Crippen molar-refractivity contribution in [2.45, 2.75) is 69.9 Å². The van der Waals surface area contributed by atoms with Crippen LogP contribution in [-0.2, 0) is 32.8 Å². The molecule has 0 aromatic heterocycles. The summed E-state index contributed by atoms with van der Waals surface area (Å²) in [4.78, 5) is 64.8. The summed E-state index contributed by atoms with van der Waals surface area (Å²) < 4.78 is 0. The van der Waals surface area contributed by atoms with Gasteiger partial charge in [0.05, 0.1) is 0 Å². The third-order valence-corrected chi connectivity index (χ3v) is 7.78. The molecule has 4 aliphatic rings. The Morgan fingerprint density at radius 1 is 1.03 bits per heavy atom. The average molecular weight is 468 g/mol. The van der Waals surface area contributed by atoms with E-state index in [4.69, 9.17) is 0 Å². The number of amides is 7. The number of nitrogens with zero attached hydrogens (tertiary/aromatic N) is 2. The van der Waals surface area contributed by atoms with Gasteiger partial charge in [0.15, 0.2) is 0 Å². The first-order chi connectivity index (χ1) is 16.1. The third kappa shape index (κ3) is 3.43. The molecule has 3 fully saturated rings. The van der Waals surface area contributed by atoms with Gasteiger partial charge in [0.1, 0.15) is 17.6 Å². The van der Waals surface area contributed by atoms with E-state index >= 15 is 0 Å². The van der Waals surface area contributed by atoms with E-state index in [1.807, 2.05) is 18.2 Å². The molecule has 2 heterocycles. The molecule has 0 bridgehead atoms. The fraction of sp³-hybridized carbons (Fsp3) is 0.542. The summed E-state index contributed by atoms with van der Waals surface area (Å²) in [5, 5.41) is 6.10. The van der Waals surface area contributed by atoms with Gasteiger partial charge in [-0.25, -0.2) is 9.59 Å². The molecule has 3 N–H and O–H groups in total. The SMILES string of the molecule is CC1CCC2(CC1)NC(=O)N(NC(=O)CN1C(=O)NC(C)(c3ccc4c(c3)CCC4)C1=O)C2=O. The van der Waals surface area contributed by atoms with E-state index in [9.17, 15) is 24.0 Å². The number of fused-ring (bicyclic) bond motifs is 1. The number of hydrazine groups is 1. The third-order valence-electron chi connectivity index (χ3n) is 7.78. The lowest BCUT2D eigenvalue weighted by Gasteiger charge is -2.33. The topological polar surface area (TPSA) is 128 Å². The Kier molecular flexibility index (Phi) is 5.14. The van der Waals surface area contributed by atoms with E-state index in [2.05, 4.69) is 23.0 Å². The van der Waals surface area contributed by atoms with Crippen LogP contribution in [0.3, 0.4) is 0 Å². The molecule has 180 valence electrons. The van der Waals surface area contributed by atoms with Crippen LogP contribution >= 0.6 is 0 Å². The molecule has 7 amide bonds. The van der Waals surface area contributed by atoms with Gasteiger partial charge in [-0.15, -0.1) is 0 Å². The summed E-state index contributed by atoms with van der Waals surface area (Å²) in [6.07, 6.45) is 5.62. The minimum Gasteiger partial charge on any atom is -0.322 e. The molecule has 2 aliphatic carbocycles. The molecule has 1 atom stereocenters. The van der Waals surface area contributed by atoms with Crippen LogP contribution in [0.5, 0.6) is 0 Å². The number of rotatable bonds is 4. The first-order valence-electron chi connectivity index (χ1n) is 11.9. The van der Waals surface area contributed by atoms with Crippen molar-refractivity contribution >= 4 is 29.8 Å². The van der Waals surface area contributed by atoms with Crippen molar-refractivity contribution in [3.63, 3.8) is 0 Å². The summed E-state index contributed by atoms with van der Waals surface area (Å²) in [7, 11) is 0. The summed E-state index contributed by atoms with van der Waals surface area (Å²) in [6.45, 7) is 3.11. The summed E-state index contributed by atoms with van der Waals surface area (Å²) in [5.74, 6) is -1.39. The molecular formula is C24H29N5O5. The number of hydrogen-bond acceptors (Lipinski definition) is 5. The van der Waals surface area contributed by atoms with Crippen molar-refractivity contribution in [2.75, 3.05) is 6.54 Å². The molecule has 1 spiro atoms. The van der Waals surface area contributed by atoms with E-state index in [0.717, 1.165) is 37.0 Å². The lowest BCUT2D eigenvalue weighted by Crippen LogP contribution is -2.53. The van der Waals surface area contributed by atoms with Crippen LogP contribution in [0.25, 0.3) is 0 Å². The van der Waals surface area contributed by atoms with Crippen molar-refractivity contribution in [3.8, 4) is 0 Å². The molecule has 1 aromatic carbocycles. The van der Waals surface area contributed by atoms with Gasteiger partial charge in [0, 0.05) is 0 Å². The van der Waals surface area contributed by atoms with Crippen LogP contribution in [-0.4, -0.2) is 51.8 Å². The summed E-state index contributed by atoms with van der Waals surface area (Å²) in [6, 6.07) is 4.37. The number of hydrogen-bond donors (Lipinski definition) is 3. The maximum atomic E-state index is 13.2. The van der Waals surface area contributed by atoms with E-state index < -0.39 is 47.4 Å². The second-order valence-electron chi connectivity index (χ2n) is 10.2. The van der Waals surface area contributed by atoms with Crippen molar-refractivity contribution < 1.29 is 24.0 Å². The van der Waals surface area contributed by atoms with E-state index in [0.29, 0.717) is 29.3 Å². The number of carbonyl (C=O) groups excluding carboxylic acids is 5. The number of nitrogens with one attached hydrogen (secondary N) is 3. The monoisotopic (exact) mass is 467 g/mol. The molecular weight excluding hydrogens is 438 g/mol. The zero-order valence-electron chi connectivity index (χ0n) is 19.4. The lowest BCUT2D eigenvalue weighted by molar-refractivity contribution is -0.141. The Labute approximate surface area is 197 Å². The van der Waals surface area contributed by atoms with Crippen molar-refractivity contribution in [2.24, 2.45) is 5.92 Å². The zero-order valence-corrected chi connectivity index (χ0v) is 19.4. The largest absolute Gasteiger partial charge is 0.344 e. The maximum absolute atomic E-state index is 13.2. The molecule has 2 saturated heterocycles. The second-order valence-corrected chi connectivity index (χ2v) is 10.2. The fourth-order valence-electron chi connectivity index (χ4n) is 5.54. The smallest absolute Gasteiger partial charge is 0.322 e. The van der Waals surface area contributed by atoms with Gasteiger partial charge in [-0.2, -0.15) is 5.01 Å². The minimum atomic E-state index is -1.29. The molecule has 5 rings (SSSR count). The number of carbonyl (C=O) groups is 5. The number of imide groups is 2. The average Bonchev–Trinajstić information content (AvgIpc) is 3.43. The minimum absolute atomic E-state index is 0.471. The highest BCUT2D eigenvalue weighted by atomic mass is 16.2. The summed E-state index contributed by atoms with van der Waals surface area (Å²) in [5.41, 5.74) is 3.08. The van der Waals surface area contributed by atoms with Gasteiger partial charge in [-0.05, 0) is 74.5 Å². The maximum Gasteiger partial charge on any atom is 0.344 e. The predicted molar refractivity (Wildman–Crippen MR) is 120 cm³/mol. The highest BCUT2D eigenvalue weighted by Crippen LogP contribution is 2.36. The molecule has 10 heteroatoms. The van der Waals surface area contributed by atoms with Crippen molar-refractivity contribution in [3.05, 3.63) is 34.9 Å². The van der Waals surface area contributed by atoms with E-state index in [1.165, 1.54) is 11.1 Å². The van der Waals surface area contributed by atoms with Crippen molar-refractivity contribution in [1.82, 2.24) is 26.0 Å². The van der Waals surface area contributed by atoms with Gasteiger partial charge < -0.3 is 10.6 Å². The molecule has 10 nitrogen and oxygen atoms in total. The Morgan fingerprint density at radius 3 is 2.47 bits per heavy atom. The van der Waals surface area contributed by atoms with Gasteiger partial charge in [-0.1, -0.05) is 25.1 Å². The van der Waals surface area contributed by atoms with Crippen LogP contribution in [0.4, 0.5) is 9.59 Å². The van der Waals surface area contributed by atoms with Crippen LogP contribution < -0.4 is 16.1 Å². The highest BCUT2D eigenvalue weighted by Gasteiger charge is 2.54. The Bertz CT molecular complexity index is 1110. The van der Waals surface area contributed by atoms with E-state index in [1.54, 1.807) is 6.92 Å². The second kappa shape index (κ2) is 7.82. The predicted octanol–water partition coefficient (Wildman–Crippen LogP) is 1.47. The molecule has 0 radical (unpaired) electrons. The molecule has 2 aliphatic heterocycles. The number of aryl methyl sites for hydroxylation is 2. The first-order valence-corrected chi connectivity index (χ1v) is 11.9. The standard InChI is InChI=1S/C24H29N5O5/c1-14-8-10-24(11-9-14)20(32)29(22(34)26-24)27-18(30)13-28-19(31)23(2,25-21(28)33)17-7-6-15-4-3-5-16(15)12-17/h6-7,12,14H,3-5,8-11,13H2,1-2H3,(H,25,33)(H,26,34)(H,27,30). The van der Waals surface area contributed by atoms with Gasteiger partial charge in [-0.3, -0.25) is 24.7 Å². The Hall–Kier alpha value is -3.43. The van der Waals surface area contributed by atoms with Gasteiger partial charge >= 0.3 is 12.1 Å². The molecule has 1 aromatic rings. The normalized spacial score (nSPS) is 30.6. The van der Waals surface area contributed by atoms with Crippen LogP contribution in [0, 0.1) is 5.92 Å². The molecule has 1 saturated carbocycles. The quantitative estimate of drug-likeness (QED) is 0.578. The zero-order chi connectivity index (χ0) is 24.3. The Balaban J connectivity index is 1.27.